The van der Waals surface area contributed by atoms with E-state index < -0.39 is 0 Å². The predicted molar refractivity (Wildman–Crippen MR) is 296 cm³/mol. The Balaban J connectivity index is 0.000000117. The summed E-state index contributed by atoms with van der Waals surface area (Å²) in [5, 5.41) is 12.2. The molecule has 0 atom stereocenters. The zero-order valence-corrected chi connectivity index (χ0v) is 45.6. The number of nitrogens with zero attached hydrogens (tertiary/aromatic N) is 13. The summed E-state index contributed by atoms with van der Waals surface area (Å²) in [5.74, 6) is 6.64. The average Bonchev–Trinajstić information content (AvgIpc) is 4.33. The molecule has 77 heavy (non-hydrogen) atoms. The van der Waals surface area contributed by atoms with Crippen LogP contribution in [0, 0.1) is 59.3 Å². The third-order valence-corrected chi connectivity index (χ3v) is 16.9. The van der Waals surface area contributed by atoms with Crippen LogP contribution in [0.4, 0.5) is 11.9 Å². The molecule has 9 aromatic rings. The number of anilines is 2. The van der Waals surface area contributed by atoms with Gasteiger partial charge in [-0.3, -0.25) is 9.55 Å². The fourth-order valence-corrected chi connectivity index (χ4v) is 12.8. The normalized spacial score (nSPS) is 17.5. The Hall–Kier alpha value is -7.15. The molecule has 0 aromatic carbocycles. The minimum absolute atomic E-state index is 0.0738. The van der Waals surface area contributed by atoms with Crippen LogP contribution in [0.5, 0.6) is 0 Å². The van der Waals surface area contributed by atoms with Crippen LogP contribution in [-0.4, -0.2) is 98.5 Å². The van der Waals surface area contributed by atoms with Gasteiger partial charge in [0.1, 0.15) is 17.3 Å². The minimum atomic E-state index is -0.0738. The van der Waals surface area contributed by atoms with Gasteiger partial charge in [-0.2, -0.15) is 9.97 Å². The first-order valence-electron chi connectivity index (χ1n) is 28.2. The molecule has 3 aliphatic carbocycles. The lowest BCUT2D eigenvalue weighted by Gasteiger charge is -2.32. The highest BCUT2D eigenvalue weighted by Crippen LogP contribution is 2.37. The van der Waals surface area contributed by atoms with Crippen LogP contribution >= 0.6 is 0 Å². The Morgan fingerprint density at radius 1 is 0.494 bits per heavy atom. The Kier molecular flexibility index (Phi) is 14.3. The van der Waals surface area contributed by atoms with Crippen LogP contribution in [0.15, 0.2) is 55.2 Å². The van der Waals surface area contributed by atoms with Crippen molar-refractivity contribution in [3.8, 4) is 33.4 Å². The van der Waals surface area contributed by atoms with Gasteiger partial charge in [0, 0.05) is 97.8 Å². The molecular weight excluding hydrogens is 973 g/mol. The smallest absolute Gasteiger partial charge is 0.327 e. The maximum Gasteiger partial charge on any atom is 0.327 e. The lowest BCUT2D eigenvalue weighted by Crippen LogP contribution is -2.39. The van der Waals surface area contributed by atoms with Gasteiger partial charge in [0.25, 0.3) is 0 Å². The number of hydrogen-bond acceptors (Lipinski definition) is 15. The summed E-state index contributed by atoms with van der Waals surface area (Å²) in [6.07, 6.45) is 22.4. The van der Waals surface area contributed by atoms with E-state index in [1.165, 1.54) is 83.5 Å². The Morgan fingerprint density at radius 3 is 1.27 bits per heavy atom. The molecule has 19 nitrogen and oxygen atoms in total. The van der Waals surface area contributed by atoms with E-state index in [0.717, 1.165) is 178 Å². The molecule has 2 aliphatic heterocycles. The zero-order chi connectivity index (χ0) is 52.7. The van der Waals surface area contributed by atoms with E-state index >= 15 is 0 Å². The topological polar surface area (TPSA) is 206 Å². The molecule has 0 radical (unpaired) electrons. The SMILES string of the molecule is Cc1noc(C)c1-c1cnc2[nH]c(=O)n(CC3CCCC3)c2c1.Cc1noc(C)c1-c1cnc2nc(N3CCC3)n(CC3CCCC3)c2c1.Cc1noc(C)c1-c1cnc2nc(N3CCOCC3)n(CC3CCCC3)c2c1. The predicted octanol–water partition coefficient (Wildman–Crippen LogP) is 11.0. The van der Waals surface area contributed by atoms with E-state index in [0.29, 0.717) is 11.6 Å². The molecule has 11 heterocycles. The summed E-state index contributed by atoms with van der Waals surface area (Å²) in [4.78, 5) is 43.5. The van der Waals surface area contributed by atoms with E-state index in [1.807, 2.05) is 64.6 Å². The van der Waals surface area contributed by atoms with Crippen molar-refractivity contribution >= 4 is 45.4 Å². The van der Waals surface area contributed by atoms with Gasteiger partial charge in [-0.15, -0.1) is 0 Å². The molecule has 0 bridgehead atoms. The van der Waals surface area contributed by atoms with Crippen molar-refractivity contribution in [2.45, 2.75) is 145 Å². The van der Waals surface area contributed by atoms with E-state index in [-0.39, 0.29) is 5.69 Å². The van der Waals surface area contributed by atoms with Crippen LogP contribution < -0.4 is 15.5 Å². The summed E-state index contributed by atoms with van der Waals surface area (Å²) in [6.45, 7) is 20.0. The molecule has 2 saturated heterocycles. The highest BCUT2D eigenvalue weighted by molar-refractivity contribution is 5.84. The van der Waals surface area contributed by atoms with Crippen molar-refractivity contribution in [1.29, 1.82) is 0 Å². The molecule has 19 heteroatoms. The molecule has 5 fully saturated rings. The molecule has 3 saturated carbocycles. The maximum absolute atomic E-state index is 12.3. The van der Waals surface area contributed by atoms with Gasteiger partial charge < -0.3 is 37.2 Å². The molecule has 0 spiro atoms. The van der Waals surface area contributed by atoms with Crippen molar-refractivity contribution in [1.82, 2.24) is 59.1 Å². The van der Waals surface area contributed by atoms with Crippen molar-refractivity contribution in [2.75, 3.05) is 49.2 Å². The second kappa shape index (κ2) is 21.7. The number of fused-ring (bicyclic) bond motifs is 3. The summed E-state index contributed by atoms with van der Waals surface area (Å²) >= 11 is 0. The Labute approximate surface area is 447 Å². The average molecular weight is 1050 g/mol. The first kappa shape index (κ1) is 50.7. The number of H-pyrrole nitrogens is 1. The molecule has 0 unspecified atom stereocenters. The van der Waals surface area contributed by atoms with Gasteiger partial charge in [-0.1, -0.05) is 54.0 Å². The highest BCUT2D eigenvalue weighted by atomic mass is 16.5. The number of hydrogen-bond donors (Lipinski definition) is 1. The third-order valence-electron chi connectivity index (χ3n) is 16.9. The fourth-order valence-electron chi connectivity index (χ4n) is 12.8. The second-order valence-electron chi connectivity index (χ2n) is 22.3. The maximum atomic E-state index is 12.3. The van der Waals surface area contributed by atoms with Gasteiger partial charge in [0.2, 0.25) is 11.9 Å². The first-order chi connectivity index (χ1) is 37.5. The second-order valence-corrected chi connectivity index (χ2v) is 22.3. The van der Waals surface area contributed by atoms with Gasteiger partial charge >= 0.3 is 5.69 Å². The Bertz CT molecular complexity index is 3520. The van der Waals surface area contributed by atoms with Gasteiger partial charge in [0.05, 0.1) is 46.8 Å². The quantitative estimate of drug-likeness (QED) is 0.128. The summed E-state index contributed by atoms with van der Waals surface area (Å²) < 4.78 is 28.2. The highest BCUT2D eigenvalue weighted by Gasteiger charge is 2.28. The van der Waals surface area contributed by atoms with E-state index in [1.54, 1.807) is 6.20 Å². The molecule has 9 aromatic heterocycles. The molecule has 404 valence electrons. The Morgan fingerprint density at radius 2 is 0.883 bits per heavy atom. The van der Waals surface area contributed by atoms with Crippen molar-refractivity contribution in [3.63, 3.8) is 0 Å². The van der Waals surface area contributed by atoms with E-state index in [4.69, 9.17) is 33.3 Å². The molecule has 1 N–H and O–H groups in total. The summed E-state index contributed by atoms with van der Waals surface area (Å²) in [7, 11) is 0. The van der Waals surface area contributed by atoms with Crippen molar-refractivity contribution in [2.24, 2.45) is 17.8 Å². The van der Waals surface area contributed by atoms with Crippen LogP contribution in [0.25, 0.3) is 66.9 Å². The van der Waals surface area contributed by atoms with Crippen LogP contribution in [-0.2, 0) is 24.4 Å². The number of aromatic nitrogens is 12. The molecule has 5 aliphatic rings. The number of aromatic amines is 1. The largest absolute Gasteiger partial charge is 0.378 e. The fraction of sp³-hybridized carbons (Fsp3) is 0.534. The number of imidazole rings is 3. The van der Waals surface area contributed by atoms with Crippen LogP contribution in [0.1, 0.15) is 118 Å². The number of aryl methyl sites for hydroxylation is 6. The number of rotatable bonds is 11. The van der Waals surface area contributed by atoms with Gasteiger partial charge in [0.15, 0.2) is 16.9 Å². The minimum Gasteiger partial charge on any atom is -0.378 e. The number of nitrogens with one attached hydrogen (secondary N) is 1. The van der Waals surface area contributed by atoms with Crippen LogP contribution in [0.2, 0.25) is 0 Å². The standard InChI is InChI=1S/C21H27N5O2.C20H25N5O.C17H20N4O2/c1-14-19(15(2)28-24-14)17-11-18-20(22-12-17)23-21(25-7-9-27-10-8-25)26(18)13-16-5-3-4-6-16;1-13-18(14(2)26-23-13)16-10-17-19(21-11-16)22-20(24-8-5-9-24)25(17)12-15-6-3-4-7-15;1-10-15(11(2)23-20-10)13-7-14-16(18-8-13)19-17(22)21(14)9-12-5-3-4-6-12/h11-12,16H,3-10,13H2,1-2H3;10-11,15H,3-9,12H2,1-2H3;7-8,12H,3-6,9H2,1-2H3,(H,18,19,22). The summed E-state index contributed by atoms with van der Waals surface area (Å²) in [6, 6.07) is 6.45. The van der Waals surface area contributed by atoms with E-state index in [9.17, 15) is 4.79 Å². The lowest BCUT2D eigenvalue weighted by molar-refractivity contribution is 0.121. The number of morpholine rings is 1. The molecule has 0 amide bonds. The zero-order valence-electron chi connectivity index (χ0n) is 45.6. The summed E-state index contributed by atoms with van der Waals surface area (Å²) in [5.41, 5.74) is 14.1. The van der Waals surface area contributed by atoms with Crippen LogP contribution in [0.3, 0.4) is 0 Å². The van der Waals surface area contributed by atoms with Crippen molar-refractivity contribution < 1.29 is 18.3 Å². The van der Waals surface area contributed by atoms with E-state index in [2.05, 4.69) is 61.5 Å². The van der Waals surface area contributed by atoms with Gasteiger partial charge in [-0.05, 0) is 122 Å². The molecular formula is C58H72N14O5. The van der Waals surface area contributed by atoms with Crippen molar-refractivity contribution in [3.05, 3.63) is 81.6 Å². The molecule has 14 rings (SSSR count). The first-order valence-corrected chi connectivity index (χ1v) is 28.2. The number of ether oxygens (including phenoxy) is 1. The monoisotopic (exact) mass is 1040 g/mol. The third kappa shape index (κ3) is 10.2. The van der Waals surface area contributed by atoms with Gasteiger partial charge in [-0.25, -0.2) is 19.7 Å². The lowest BCUT2D eigenvalue weighted by atomic mass is 10.1. The number of pyridine rings is 3.